The van der Waals surface area contributed by atoms with E-state index in [9.17, 15) is 4.79 Å². The van der Waals surface area contributed by atoms with E-state index in [1.165, 1.54) is 21.3 Å². The molecule has 0 atom stereocenters. The summed E-state index contributed by atoms with van der Waals surface area (Å²) in [5, 5.41) is 10.3. The number of ether oxygens (including phenoxy) is 4. The molecule has 0 saturated carbocycles. The predicted octanol–water partition coefficient (Wildman–Crippen LogP) is 1.67. The molecule has 2 aromatic rings. The summed E-state index contributed by atoms with van der Waals surface area (Å²) in [6, 6.07) is 3.40. The monoisotopic (exact) mass is 307 g/mol. The Kier molecular flexibility index (Phi) is 4.82. The number of aromatic nitrogens is 3. The lowest BCUT2D eigenvalue weighted by atomic mass is 10.1. The molecule has 0 spiro atoms. The van der Waals surface area contributed by atoms with Crippen LogP contribution in [0.4, 0.5) is 0 Å². The molecule has 0 saturated heterocycles. The Labute approximate surface area is 127 Å². The first kappa shape index (κ1) is 15.6. The number of hydrogen-bond donors (Lipinski definition) is 1. The van der Waals surface area contributed by atoms with Crippen molar-refractivity contribution in [1.29, 1.82) is 0 Å². The summed E-state index contributed by atoms with van der Waals surface area (Å²) in [5.74, 6) is 0.731. The van der Waals surface area contributed by atoms with Crippen molar-refractivity contribution in [1.82, 2.24) is 15.4 Å². The first-order valence-electron chi connectivity index (χ1n) is 6.55. The molecule has 1 aromatic carbocycles. The van der Waals surface area contributed by atoms with Crippen molar-refractivity contribution >= 4 is 5.97 Å². The summed E-state index contributed by atoms with van der Waals surface area (Å²) in [7, 11) is 4.52. The zero-order valence-corrected chi connectivity index (χ0v) is 12.8. The fourth-order valence-corrected chi connectivity index (χ4v) is 2.05. The van der Waals surface area contributed by atoms with E-state index in [2.05, 4.69) is 15.4 Å². The standard InChI is InChI=1S/C14H17N3O5/c1-5-22-14(18)11-10(15-17-16-11)8-6-7-9(19-2)13(21-4)12(8)20-3/h6-7H,5H2,1-4H3,(H,15,16,17). The Balaban J connectivity index is 2.59. The Morgan fingerprint density at radius 3 is 2.41 bits per heavy atom. The molecule has 0 radical (unpaired) electrons. The Morgan fingerprint density at radius 2 is 1.82 bits per heavy atom. The minimum Gasteiger partial charge on any atom is -0.493 e. The van der Waals surface area contributed by atoms with E-state index in [4.69, 9.17) is 18.9 Å². The number of aromatic amines is 1. The lowest BCUT2D eigenvalue weighted by Gasteiger charge is -2.14. The van der Waals surface area contributed by atoms with Gasteiger partial charge in [-0.05, 0) is 19.1 Å². The highest BCUT2D eigenvalue weighted by Gasteiger charge is 2.25. The van der Waals surface area contributed by atoms with Gasteiger partial charge in [0.1, 0.15) is 5.69 Å². The number of rotatable bonds is 6. The van der Waals surface area contributed by atoms with Gasteiger partial charge in [0.15, 0.2) is 17.2 Å². The fourth-order valence-electron chi connectivity index (χ4n) is 2.05. The summed E-state index contributed by atoms with van der Waals surface area (Å²) >= 11 is 0. The second-order valence-corrected chi connectivity index (χ2v) is 4.12. The number of H-pyrrole nitrogens is 1. The number of hydrogen-bond acceptors (Lipinski definition) is 7. The maximum absolute atomic E-state index is 11.9. The average molecular weight is 307 g/mol. The molecule has 0 unspecified atom stereocenters. The van der Waals surface area contributed by atoms with Crippen LogP contribution in [0.1, 0.15) is 17.4 Å². The molecule has 1 aromatic heterocycles. The maximum Gasteiger partial charge on any atom is 0.361 e. The molecule has 0 fully saturated rings. The van der Waals surface area contributed by atoms with Crippen LogP contribution in [0.25, 0.3) is 11.3 Å². The van der Waals surface area contributed by atoms with Crippen molar-refractivity contribution in [2.75, 3.05) is 27.9 Å². The minimum atomic E-state index is -0.567. The topological polar surface area (TPSA) is 95.6 Å². The van der Waals surface area contributed by atoms with Gasteiger partial charge in [-0.1, -0.05) is 0 Å². The largest absolute Gasteiger partial charge is 0.493 e. The summed E-state index contributed by atoms with van der Waals surface area (Å²) in [5.41, 5.74) is 0.931. The molecular weight excluding hydrogens is 290 g/mol. The van der Waals surface area contributed by atoms with Crippen LogP contribution in [-0.4, -0.2) is 49.3 Å². The number of nitrogens with one attached hydrogen (secondary N) is 1. The number of esters is 1. The van der Waals surface area contributed by atoms with Gasteiger partial charge < -0.3 is 18.9 Å². The fraction of sp³-hybridized carbons (Fsp3) is 0.357. The van der Waals surface area contributed by atoms with Gasteiger partial charge >= 0.3 is 5.97 Å². The van der Waals surface area contributed by atoms with E-state index in [0.29, 0.717) is 28.5 Å². The third-order valence-corrected chi connectivity index (χ3v) is 2.98. The zero-order valence-electron chi connectivity index (χ0n) is 12.8. The van der Waals surface area contributed by atoms with Crippen molar-refractivity contribution in [3.8, 4) is 28.5 Å². The van der Waals surface area contributed by atoms with E-state index < -0.39 is 5.97 Å². The van der Waals surface area contributed by atoms with Crippen molar-refractivity contribution in [2.45, 2.75) is 6.92 Å². The third kappa shape index (κ3) is 2.67. The van der Waals surface area contributed by atoms with Crippen LogP contribution in [-0.2, 0) is 4.74 Å². The summed E-state index contributed by atoms with van der Waals surface area (Å²) in [6.07, 6.45) is 0. The van der Waals surface area contributed by atoms with Crippen molar-refractivity contribution in [3.05, 3.63) is 17.8 Å². The molecule has 1 N–H and O–H groups in total. The van der Waals surface area contributed by atoms with Crippen molar-refractivity contribution in [3.63, 3.8) is 0 Å². The minimum absolute atomic E-state index is 0.0763. The lowest BCUT2D eigenvalue weighted by Crippen LogP contribution is -2.07. The molecule has 1 heterocycles. The van der Waals surface area contributed by atoms with Gasteiger partial charge in [-0.25, -0.2) is 4.79 Å². The number of benzene rings is 1. The van der Waals surface area contributed by atoms with E-state index in [0.717, 1.165) is 0 Å². The van der Waals surface area contributed by atoms with Crippen LogP contribution < -0.4 is 14.2 Å². The first-order valence-corrected chi connectivity index (χ1v) is 6.55. The normalized spacial score (nSPS) is 10.2. The van der Waals surface area contributed by atoms with Gasteiger partial charge in [-0.15, -0.1) is 5.10 Å². The Morgan fingerprint density at radius 1 is 1.09 bits per heavy atom. The van der Waals surface area contributed by atoms with Crippen LogP contribution in [0.15, 0.2) is 12.1 Å². The molecular formula is C14H17N3O5. The van der Waals surface area contributed by atoms with Crippen LogP contribution in [0, 0.1) is 0 Å². The number of methoxy groups -OCH3 is 3. The first-order chi connectivity index (χ1) is 10.7. The summed E-state index contributed by atoms with van der Waals surface area (Å²) < 4.78 is 20.9. The lowest BCUT2D eigenvalue weighted by molar-refractivity contribution is 0.0520. The Hall–Kier alpha value is -2.77. The summed E-state index contributed by atoms with van der Waals surface area (Å²) in [4.78, 5) is 11.9. The molecule has 0 aliphatic heterocycles. The number of nitrogens with zero attached hydrogens (tertiary/aromatic N) is 2. The predicted molar refractivity (Wildman–Crippen MR) is 77.4 cm³/mol. The van der Waals surface area contributed by atoms with E-state index in [1.54, 1.807) is 19.1 Å². The highest BCUT2D eigenvalue weighted by Crippen LogP contribution is 2.44. The van der Waals surface area contributed by atoms with Crippen LogP contribution >= 0.6 is 0 Å². The second kappa shape index (κ2) is 6.79. The van der Waals surface area contributed by atoms with Crippen molar-refractivity contribution in [2.24, 2.45) is 0 Å². The van der Waals surface area contributed by atoms with Gasteiger partial charge in [0.2, 0.25) is 5.75 Å². The molecule has 0 amide bonds. The zero-order chi connectivity index (χ0) is 16.1. The quantitative estimate of drug-likeness (QED) is 0.811. The number of carbonyl (C=O) groups is 1. The summed E-state index contributed by atoms with van der Waals surface area (Å²) in [6.45, 7) is 1.96. The molecule has 2 rings (SSSR count). The van der Waals surface area contributed by atoms with E-state index >= 15 is 0 Å². The molecule has 22 heavy (non-hydrogen) atoms. The van der Waals surface area contributed by atoms with Gasteiger partial charge in [0, 0.05) is 0 Å². The van der Waals surface area contributed by atoms with Crippen molar-refractivity contribution < 1.29 is 23.7 Å². The molecule has 0 bridgehead atoms. The molecule has 8 nitrogen and oxygen atoms in total. The highest BCUT2D eigenvalue weighted by molar-refractivity contribution is 5.95. The van der Waals surface area contributed by atoms with Gasteiger partial charge in [0.25, 0.3) is 0 Å². The van der Waals surface area contributed by atoms with Gasteiger partial charge in [-0.3, -0.25) is 0 Å². The van der Waals surface area contributed by atoms with Crippen LogP contribution in [0.5, 0.6) is 17.2 Å². The average Bonchev–Trinajstić information content (AvgIpc) is 3.02. The SMILES string of the molecule is CCOC(=O)c1n[nH]nc1-c1ccc(OC)c(OC)c1OC. The van der Waals surface area contributed by atoms with Gasteiger partial charge in [-0.2, -0.15) is 10.3 Å². The molecule has 118 valence electrons. The molecule has 0 aliphatic carbocycles. The Bertz CT molecular complexity index is 668. The van der Waals surface area contributed by atoms with Crippen LogP contribution in [0.2, 0.25) is 0 Å². The van der Waals surface area contributed by atoms with Crippen LogP contribution in [0.3, 0.4) is 0 Å². The number of carbonyl (C=O) groups excluding carboxylic acids is 1. The smallest absolute Gasteiger partial charge is 0.361 e. The molecule has 8 heteroatoms. The maximum atomic E-state index is 11.9. The second-order valence-electron chi connectivity index (χ2n) is 4.12. The molecule has 0 aliphatic rings. The highest BCUT2D eigenvalue weighted by atomic mass is 16.5. The van der Waals surface area contributed by atoms with E-state index in [-0.39, 0.29) is 12.3 Å². The van der Waals surface area contributed by atoms with Gasteiger partial charge in [0.05, 0.1) is 33.5 Å². The third-order valence-electron chi connectivity index (χ3n) is 2.98. The van der Waals surface area contributed by atoms with E-state index in [1.807, 2.05) is 0 Å².